The van der Waals surface area contributed by atoms with Gasteiger partial charge in [-0.25, -0.2) is 8.42 Å². The zero-order valence-corrected chi connectivity index (χ0v) is 17.6. The highest BCUT2D eigenvalue weighted by Gasteiger charge is 2.16. The van der Waals surface area contributed by atoms with Crippen molar-refractivity contribution in [1.82, 2.24) is 0 Å². The van der Waals surface area contributed by atoms with Gasteiger partial charge < -0.3 is 5.32 Å². The Labute approximate surface area is 175 Å². The number of nitrogens with one attached hydrogen (secondary N) is 2. The molecule has 0 aliphatic carbocycles. The standard InChI is InChI=1S/C22H21ClN2O3S/c1-3-16-6-8-17(9-7-16)24-22(26)20-13-10-18(14-21(20)23)25-29(27,28)19-11-4-15(2)5-12-19/h4-14,25H,3H2,1-2H3,(H,24,26). The topological polar surface area (TPSA) is 75.3 Å². The van der Waals surface area contributed by atoms with Gasteiger partial charge in [-0.15, -0.1) is 0 Å². The molecule has 3 aromatic carbocycles. The van der Waals surface area contributed by atoms with Gasteiger partial charge in [-0.05, 0) is 61.4 Å². The van der Waals surface area contributed by atoms with Crippen LogP contribution in [0.25, 0.3) is 0 Å². The molecule has 7 heteroatoms. The molecular weight excluding hydrogens is 408 g/mol. The second-order valence-corrected chi connectivity index (χ2v) is 8.71. The number of anilines is 2. The van der Waals surface area contributed by atoms with Crippen molar-refractivity contribution in [3.8, 4) is 0 Å². The third-order valence-electron chi connectivity index (χ3n) is 4.42. The number of carbonyl (C=O) groups excluding carboxylic acids is 1. The van der Waals surface area contributed by atoms with E-state index in [4.69, 9.17) is 11.6 Å². The van der Waals surface area contributed by atoms with E-state index < -0.39 is 10.0 Å². The number of sulfonamides is 1. The zero-order valence-electron chi connectivity index (χ0n) is 16.1. The van der Waals surface area contributed by atoms with Crippen LogP contribution in [0.5, 0.6) is 0 Å². The van der Waals surface area contributed by atoms with Gasteiger partial charge in [0.05, 0.1) is 21.2 Å². The van der Waals surface area contributed by atoms with Crippen molar-refractivity contribution < 1.29 is 13.2 Å². The smallest absolute Gasteiger partial charge is 0.261 e. The lowest BCUT2D eigenvalue weighted by Crippen LogP contribution is -2.15. The molecule has 0 radical (unpaired) electrons. The number of carbonyl (C=O) groups is 1. The second kappa shape index (κ2) is 8.68. The molecule has 0 fully saturated rings. The largest absolute Gasteiger partial charge is 0.322 e. The molecule has 1 amide bonds. The average Bonchev–Trinajstić information content (AvgIpc) is 2.68. The molecule has 0 saturated heterocycles. The van der Waals surface area contributed by atoms with Gasteiger partial charge in [0.2, 0.25) is 0 Å². The normalized spacial score (nSPS) is 11.1. The molecule has 0 unspecified atom stereocenters. The summed E-state index contributed by atoms with van der Waals surface area (Å²) in [5.74, 6) is -0.368. The van der Waals surface area contributed by atoms with Crippen LogP contribution in [0.4, 0.5) is 11.4 Å². The van der Waals surface area contributed by atoms with E-state index in [-0.39, 0.29) is 27.1 Å². The van der Waals surface area contributed by atoms with E-state index >= 15 is 0 Å². The van der Waals surface area contributed by atoms with Crippen molar-refractivity contribution >= 4 is 38.9 Å². The van der Waals surface area contributed by atoms with E-state index in [9.17, 15) is 13.2 Å². The van der Waals surface area contributed by atoms with Crippen molar-refractivity contribution in [3.05, 3.63) is 88.4 Å². The molecule has 0 saturated carbocycles. The zero-order chi connectivity index (χ0) is 21.0. The predicted molar refractivity (Wildman–Crippen MR) is 117 cm³/mol. The van der Waals surface area contributed by atoms with Crippen LogP contribution in [-0.4, -0.2) is 14.3 Å². The minimum Gasteiger partial charge on any atom is -0.322 e. The second-order valence-electron chi connectivity index (χ2n) is 6.62. The fraction of sp³-hybridized carbons (Fsp3) is 0.136. The van der Waals surface area contributed by atoms with Crippen LogP contribution in [0.3, 0.4) is 0 Å². The third-order valence-corrected chi connectivity index (χ3v) is 6.13. The van der Waals surface area contributed by atoms with Crippen molar-refractivity contribution in [2.24, 2.45) is 0 Å². The molecule has 0 aliphatic heterocycles. The minimum absolute atomic E-state index is 0.150. The lowest BCUT2D eigenvalue weighted by Gasteiger charge is -2.11. The Morgan fingerprint density at radius 3 is 2.14 bits per heavy atom. The van der Waals surface area contributed by atoms with Gasteiger partial charge in [0.15, 0.2) is 0 Å². The summed E-state index contributed by atoms with van der Waals surface area (Å²) in [4.78, 5) is 12.7. The van der Waals surface area contributed by atoms with Crippen LogP contribution < -0.4 is 10.0 Å². The SMILES string of the molecule is CCc1ccc(NC(=O)c2ccc(NS(=O)(=O)c3ccc(C)cc3)cc2Cl)cc1. The highest BCUT2D eigenvalue weighted by molar-refractivity contribution is 7.92. The first-order valence-electron chi connectivity index (χ1n) is 9.08. The van der Waals surface area contributed by atoms with Crippen LogP contribution in [-0.2, 0) is 16.4 Å². The van der Waals surface area contributed by atoms with Gasteiger partial charge >= 0.3 is 0 Å². The number of hydrogen-bond acceptors (Lipinski definition) is 3. The van der Waals surface area contributed by atoms with Gasteiger partial charge in [0.1, 0.15) is 0 Å². The predicted octanol–water partition coefficient (Wildman–Crippen LogP) is 5.26. The number of rotatable bonds is 6. The number of hydrogen-bond donors (Lipinski definition) is 2. The Kier molecular flexibility index (Phi) is 6.25. The fourth-order valence-electron chi connectivity index (χ4n) is 2.72. The summed E-state index contributed by atoms with van der Waals surface area (Å²) >= 11 is 6.24. The Morgan fingerprint density at radius 2 is 1.55 bits per heavy atom. The van der Waals surface area contributed by atoms with E-state index in [0.717, 1.165) is 12.0 Å². The van der Waals surface area contributed by atoms with Crippen LogP contribution in [0.1, 0.15) is 28.4 Å². The van der Waals surface area contributed by atoms with Crippen LogP contribution in [0.2, 0.25) is 5.02 Å². The molecule has 150 valence electrons. The van der Waals surface area contributed by atoms with Gasteiger partial charge in [0.25, 0.3) is 15.9 Å². The summed E-state index contributed by atoms with van der Waals surface area (Å²) in [6, 6.07) is 18.5. The van der Waals surface area contributed by atoms with Gasteiger partial charge in [-0.1, -0.05) is 48.4 Å². The molecule has 3 aromatic rings. The Bertz CT molecular complexity index is 1130. The van der Waals surface area contributed by atoms with Crippen LogP contribution in [0, 0.1) is 6.92 Å². The lowest BCUT2D eigenvalue weighted by molar-refractivity contribution is 0.102. The van der Waals surface area contributed by atoms with E-state index in [1.807, 2.05) is 31.2 Å². The molecule has 2 N–H and O–H groups in total. The molecule has 0 heterocycles. The summed E-state index contributed by atoms with van der Waals surface area (Å²) < 4.78 is 27.5. The number of benzene rings is 3. The molecule has 0 atom stereocenters. The summed E-state index contributed by atoms with van der Waals surface area (Å²) in [6.45, 7) is 3.94. The van der Waals surface area contributed by atoms with Crippen molar-refractivity contribution in [2.45, 2.75) is 25.2 Å². The number of aryl methyl sites for hydroxylation is 2. The van der Waals surface area contributed by atoms with Gasteiger partial charge in [0, 0.05) is 5.69 Å². The van der Waals surface area contributed by atoms with E-state index in [2.05, 4.69) is 17.0 Å². The monoisotopic (exact) mass is 428 g/mol. The lowest BCUT2D eigenvalue weighted by atomic mass is 10.1. The maximum Gasteiger partial charge on any atom is 0.261 e. The quantitative estimate of drug-likeness (QED) is 0.562. The number of halogens is 1. The minimum atomic E-state index is -3.74. The van der Waals surface area contributed by atoms with Gasteiger partial charge in [-0.3, -0.25) is 9.52 Å². The molecule has 0 aliphatic rings. The average molecular weight is 429 g/mol. The summed E-state index contributed by atoms with van der Waals surface area (Å²) in [6.07, 6.45) is 0.917. The maximum absolute atomic E-state index is 12.5. The first-order chi connectivity index (χ1) is 13.8. The summed E-state index contributed by atoms with van der Waals surface area (Å²) in [5.41, 5.74) is 3.33. The molecule has 29 heavy (non-hydrogen) atoms. The Hall–Kier alpha value is -2.83. The fourth-order valence-corrected chi connectivity index (χ4v) is 4.03. The van der Waals surface area contributed by atoms with Crippen molar-refractivity contribution in [2.75, 3.05) is 10.0 Å². The van der Waals surface area contributed by atoms with E-state index in [1.54, 1.807) is 12.1 Å². The molecular formula is C22H21ClN2O3S. The summed E-state index contributed by atoms with van der Waals surface area (Å²) in [5, 5.41) is 2.94. The highest BCUT2D eigenvalue weighted by atomic mass is 35.5. The van der Waals surface area contributed by atoms with Crippen LogP contribution in [0.15, 0.2) is 71.6 Å². The first kappa shape index (κ1) is 20.9. The Morgan fingerprint density at radius 1 is 0.931 bits per heavy atom. The molecule has 0 aromatic heterocycles. The molecule has 0 bridgehead atoms. The number of amides is 1. The molecule has 0 spiro atoms. The van der Waals surface area contributed by atoms with Gasteiger partial charge in [-0.2, -0.15) is 0 Å². The van der Waals surface area contributed by atoms with E-state index in [0.29, 0.717) is 5.69 Å². The third kappa shape index (κ3) is 5.16. The van der Waals surface area contributed by atoms with Crippen molar-refractivity contribution in [1.29, 1.82) is 0 Å². The molecule has 3 rings (SSSR count). The molecule has 5 nitrogen and oxygen atoms in total. The maximum atomic E-state index is 12.5. The highest BCUT2D eigenvalue weighted by Crippen LogP contribution is 2.24. The van der Waals surface area contributed by atoms with E-state index in [1.165, 1.54) is 35.9 Å². The summed E-state index contributed by atoms with van der Waals surface area (Å²) in [7, 11) is -3.74. The Balaban J connectivity index is 1.75. The first-order valence-corrected chi connectivity index (χ1v) is 10.9. The van der Waals surface area contributed by atoms with Crippen molar-refractivity contribution in [3.63, 3.8) is 0 Å². The van der Waals surface area contributed by atoms with Crippen LogP contribution >= 0.6 is 11.6 Å².